The molecule has 0 unspecified atom stereocenters. The third-order valence-corrected chi connectivity index (χ3v) is 2.68. The molecule has 0 amide bonds. The van der Waals surface area contributed by atoms with E-state index < -0.39 is 11.6 Å². The van der Waals surface area contributed by atoms with E-state index in [0.29, 0.717) is 0 Å². The molecule has 6 heteroatoms. The van der Waals surface area contributed by atoms with Crippen LogP contribution in [0.15, 0.2) is 60.7 Å². The van der Waals surface area contributed by atoms with Crippen LogP contribution in [0, 0.1) is 0 Å². The Hall–Kier alpha value is -2.86. The number of carbonyl (C=O) groups excluding carboxylic acids is 1. The average molecular weight is 287 g/mol. The summed E-state index contributed by atoms with van der Waals surface area (Å²) in [6.07, 6.45) is 0. The SMILES string of the molecule is NC(N)=[NH2+].O=C([O-])C(O)(c1ccccc1)c1ccccc1. The largest absolute Gasteiger partial charge is 0.546 e. The Bertz CT molecular complexity index is 557. The van der Waals surface area contributed by atoms with Gasteiger partial charge in [-0.15, -0.1) is 0 Å². The molecule has 0 aromatic heterocycles. The molecule has 110 valence electrons. The maximum Gasteiger partial charge on any atom is 0.336 e. The lowest BCUT2D eigenvalue weighted by molar-refractivity contribution is -0.322. The average Bonchev–Trinajstić information content (AvgIpc) is 2.47. The van der Waals surface area contributed by atoms with Crippen LogP contribution in [-0.4, -0.2) is 17.0 Å². The normalized spacial score (nSPS) is 10.1. The number of carboxylic acids is 1. The number of benzene rings is 2. The van der Waals surface area contributed by atoms with E-state index in [9.17, 15) is 15.0 Å². The minimum Gasteiger partial charge on any atom is -0.546 e. The highest BCUT2D eigenvalue weighted by molar-refractivity contribution is 5.81. The molecule has 0 fully saturated rings. The zero-order valence-corrected chi connectivity index (χ0v) is 11.3. The van der Waals surface area contributed by atoms with Gasteiger partial charge in [-0.1, -0.05) is 60.7 Å². The summed E-state index contributed by atoms with van der Waals surface area (Å²) in [5.41, 5.74) is 7.63. The molecule has 2 rings (SSSR count). The molecule has 0 saturated heterocycles. The first kappa shape index (κ1) is 16.2. The van der Waals surface area contributed by atoms with Crippen molar-refractivity contribution in [3.05, 3.63) is 71.8 Å². The van der Waals surface area contributed by atoms with Crippen molar-refractivity contribution in [1.29, 1.82) is 0 Å². The van der Waals surface area contributed by atoms with Crippen LogP contribution in [0.25, 0.3) is 0 Å². The number of carbonyl (C=O) groups is 1. The van der Waals surface area contributed by atoms with Crippen LogP contribution >= 0.6 is 0 Å². The van der Waals surface area contributed by atoms with Gasteiger partial charge in [-0.05, 0) is 11.1 Å². The summed E-state index contributed by atoms with van der Waals surface area (Å²) in [4.78, 5) is 11.3. The van der Waals surface area contributed by atoms with Crippen molar-refractivity contribution < 1.29 is 20.4 Å². The number of aliphatic hydroxyl groups is 1. The summed E-state index contributed by atoms with van der Waals surface area (Å²) in [5, 5.41) is 26.2. The number of hydrogen-bond acceptors (Lipinski definition) is 3. The number of rotatable bonds is 3. The van der Waals surface area contributed by atoms with Crippen molar-refractivity contribution in [1.82, 2.24) is 0 Å². The predicted octanol–water partition coefficient (Wildman–Crippen LogP) is -2.31. The highest BCUT2D eigenvalue weighted by atomic mass is 16.4. The fourth-order valence-corrected chi connectivity index (χ4v) is 1.76. The van der Waals surface area contributed by atoms with Crippen LogP contribution < -0.4 is 22.0 Å². The summed E-state index contributed by atoms with van der Waals surface area (Å²) in [6.45, 7) is 0. The summed E-state index contributed by atoms with van der Waals surface area (Å²) >= 11 is 0. The van der Waals surface area contributed by atoms with Crippen LogP contribution in [0.4, 0.5) is 0 Å². The van der Waals surface area contributed by atoms with Crippen LogP contribution in [0.2, 0.25) is 0 Å². The highest BCUT2D eigenvalue weighted by Gasteiger charge is 2.32. The fraction of sp³-hybridized carbons (Fsp3) is 0.0667. The quantitative estimate of drug-likeness (QED) is 0.371. The third kappa shape index (κ3) is 4.05. The minimum absolute atomic E-state index is 0.0833. The van der Waals surface area contributed by atoms with Gasteiger partial charge in [-0.2, -0.15) is 0 Å². The molecule has 0 aliphatic heterocycles. The van der Waals surface area contributed by atoms with Crippen molar-refractivity contribution in [3.8, 4) is 0 Å². The monoisotopic (exact) mass is 287 g/mol. The number of guanidine groups is 1. The second-order valence-corrected chi connectivity index (χ2v) is 4.23. The van der Waals surface area contributed by atoms with Gasteiger partial charge >= 0.3 is 5.96 Å². The van der Waals surface area contributed by atoms with Gasteiger partial charge in [0, 0.05) is 0 Å². The fourth-order valence-electron chi connectivity index (χ4n) is 1.76. The maximum atomic E-state index is 11.3. The second kappa shape index (κ2) is 7.06. The van der Waals surface area contributed by atoms with Gasteiger partial charge in [0.15, 0.2) is 5.60 Å². The Morgan fingerprint density at radius 2 is 1.24 bits per heavy atom. The van der Waals surface area contributed by atoms with Gasteiger partial charge in [0.05, 0.1) is 5.97 Å². The lowest BCUT2D eigenvalue weighted by Gasteiger charge is -2.30. The predicted molar refractivity (Wildman–Crippen MR) is 76.2 cm³/mol. The summed E-state index contributed by atoms with van der Waals surface area (Å²) < 4.78 is 0. The lowest BCUT2D eigenvalue weighted by Crippen LogP contribution is -2.51. The molecule has 21 heavy (non-hydrogen) atoms. The van der Waals surface area contributed by atoms with E-state index in [1.54, 1.807) is 60.7 Å². The Balaban J connectivity index is 0.000000491. The van der Waals surface area contributed by atoms with Crippen molar-refractivity contribution in [2.75, 3.05) is 0 Å². The van der Waals surface area contributed by atoms with E-state index >= 15 is 0 Å². The number of aliphatic carboxylic acids is 1. The standard InChI is InChI=1S/C14H12O3.CH5N3/c15-13(16)14(17,11-7-3-1-4-8-11)12-9-5-2-6-10-12;2-1(3)4/h1-10,17H,(H,15,16);(H5,2,3,4). The Kier molecular flexibility index (Phi) is 5.45. The van der Waals surface area contributed by atoms with Gasteiger partial charge in [0.25, 0.3) is 0 Å². The van der Waals surface area contributed by atoms with Gasteiger partial charge in [0.1, 0.15) is 0 Å². The molecular weight excluding hydrogens is 270 g/mol. The van der Waals surface area contributed by atoms with Crippen LogP contribution in [0.1, 0.15) is 11.1 Å². The van der Waals surface area contributed by atoms with Gasteiger partial charge < -0.3 is 15.0 Å². The maximum absolute atomic E-state index is 11.3. The molecule has 0 atom stereocenters. The Morgan fingerprint density at radius 1 is 0.952 bits per heavy atom. The number of hydrogen-bond donors (Lipinski definition) is 4. The smallest absolute Gasteiger partial charge is 0.336 e. The molecule has 0 bridgehead atoms. The van der Waals surface area contributed by atoms with Gasteiger partial charge in [-0.25, -0.2) is 0 Å². The summed E-state index contributed by atoms with van der Waals surface area (Å²) in [5.74, 6) is -1.62. The lowest BCUT2D eigenvalue weighted by atomic mass is 9.86. The van der Waals surface area contributed by atoms with Crippen LogP contribution in [-0.2, 0) is 10.4 Å². The zero-order chi connectivity index (χ0) is 15.9. The van der Waals surface area contributed by atoms with E-state index in [2.05, 4.69) is 16.9 Å². The molecule has 2 aromatic rings. The first-order valence-electron chi connectivity index (χ1n) is 6.07. The first-order chi connectivity index (χ1) is 9.89. The Labute approximate surface area is 122 Å². The first-order valence-corrected chi connectivity index (χ1v) is 6.07. The molecule has 0 aliphatic carbocycles. The third-order valence-electron chi connectivity index (χ3n) is 2.68. The molecule has 0 saturated carbocycles. The van der Waals surface area contributed by atoms with Crippen molar-refractivity contribution in [2.24, 2.45) is 11.5 Å². The Morgan fingerprint density at radius 3 is 1.48 bits per heavy atom. The molecule has 6 nitrogen and oxygen atoms in total. The van der Waals surface area contributed by atoms with E-state index in [0.717, 1.165) is 0 Å². The molecule has 7 N–H and O–H groups in total. The number of nitrogens with two attached hydrogens (primary N) is 3. The van der Waals surface area contributed by atoms with Gasteiger partial charge in [-0.3, -0.25) is 16.9 Å². The van der Waals surface area contributed by atoms with E-state index in [-0.39, 0.29) is 17.1 Å². The molecule has 0 spiro atoms. The zero-order valence-electron chi connectivity index (χ0n) is 11.3. The van der Waals surface area contributed by atoms with Crippen molar-refractivity contribution in [2.45, 2.75) is 5.60 Å². The van der Waals surface area contributed by atoms with Crippen LogP contribution in [0.5, 0.6) is 0 Å². The highest BCUT2D eigenvalue weighted by Crippen LogP contribution is 2.28. The molecule has 0 radical (unpaired) electrons. The van der Waals surface area contributed by atoms with E-state index in [1.807, 2.05) is 0 Å². The van der Waals surface area contributed by atoms with Crippen molar-refractivity contribution >= 4 is 11.9 Å². The van der Waals surface area contributed by atoms with E-state index in [1.165, 1.54) is 0 Å². The van der Waals surface area contributed by atoms with Crippen molar-refractivity contribution in [3.63, 3.8) is 0 Å². The minimum atomic E-state index is -2.11. The molecule has 2 aromatic carbocycles. The molecular formula is C15H17N3O3. The molecule has 0 heterocycles. The summed E-state index contributed by atoms with van der Waals surface area (Å²) in [6, 6.07) is 16.4. The number of carboxylic acid groups (broad SMARTS) is 1. The summed E-state index contributed by atoms with van der Waals surface area (Å²) in [7, 11) is 0. The second-order valence-electron chi connectivity index (χ2n) is 4.23. The van der Waals surface area contributed by atoms with Gasteiger partial charge in [0.2, 0.25) is 0 Å². The van der Waals surface area contributed by atoms with Crippen LogP contribution in [0.3, 0.4) is 0 Å². The molecule has 0 aliphatic rings. The topological polar surface area (TPSA) is 138 Å². The van der Waals surface area contributed by atoms with E-state index in [4.69, 9.17) is 0 Å².